The van der Waals surface area contributed by atoms with Crippen molar-refractivity contribution in [3.63, 3.8) is 0 Å². The molecule has 0 radical (unpaired) electrons. The minimum atomic E-state index is -0.960. The standard InChI is InChI=1S/C10H11NO3S/c1-5-9(12)11-7-4-6(10(13)14)2-3-8(7)15-5/h2-5,9,11-12H,1H3,(H,13,14). The molecular weight excluding hydrogens is 214 g/mol. The first-order valence-corrected chi connectivity index (χ1v) is 5.44. The Morgan fingerprint density at radius 3 is 2.93 bits per heavy atom. The van der Waals surface area contributed by atoms with Crippen molar-refractivity contribution in [1.29, 1.82) is 0 Å². The Kier molecular flexibility index (Phi) is 2.58. The van der Waals surface area contributed by atoms with E-state index >= 15 is 0 Å². The minimum absolute atomic E-state index is 0.0631. The maximum Gasteiger partial charge on any atom is 0.335 e. The highest BCUT2D eigenvalue weighted by Crippen LogP contribution is 2.37. The van der Waals surface area contributed by atoms with Gasteiger partial charge in [0.25, 0.3) is 0 Å². The van der Waals surface area contributed by atoms with E-state index in [4.69, 9.17) is 5.11 Å². The van der Waals surface area contributed by atoms with Gasteiger partial charge in [0.05, 0.1) is 16.5 Å². The number of benzene rings is 1. The van der Waals surface area contributed by atoms with E-state index in [2.05, 4.69) is 5.32 Å². The van der Waals surface area contributed by atoms with Crippen molar-refractivity contribution < 1.29 is 15.0 Å². The van der Waals surface area contributed by atoms with Gasteiger partial charge in [-0.25, -0.2) is 4.79 Å². The molecule has 0 aliphatic carbocycles. The zero-order valence-electron chi connectivity index (χ0n) is 8.10. The number of fused-ring (bicyclic) bond motifs is 1. The Morgan fingerprint density at radius 2 is 2.27 bits per heavy atom. The molecule has 0 bridgehead atoms. The number of thioether (sulfide) groups is 1. The number of hydrogen-bond donors (Lipinski definition) is 3. The Hall–Kier alpha value is -1.20. The van der Waals surface area contributed by atoms with E-state index in [-0.39, 0.29) is 10.8 Å². The zero-order valence-corrected chi connectivity index (χ0v) is 8.91. The van der Waals surface area contributed by atoms with Crippen molar-refractivity contribution in [3.05, 3.63) is 23.8 Å². The van der Waals surface area contributed by atoms with E-state index in [9.17, 15) is 9.90 Å². The minimum Gasteiger partial charge on any atom is -0.478 e. The molecule has 1 aromatic rings. The Balaban J connectivity index is 2.37. The predicted octanol–water partition coefficient (Wildman–Crippen LogP) is 1.61. The van der Waals surface area contributed by atoms with Gasteiger partial charge in [0.1, 0.15) is 6.23 Å². The van der Waals surface area contributed by atoms with Crippen molar-refractivity contribution in [2.24, 2.45) is 0 Å². The monoisotopic (exact) mass is 225 g/mol. The van der Waals surface area contributed by atoms with Gasteiger partial charge in [-0.3, -0.25) is 0 Å². The number of anilines is 1. The smallest absolute Gasteiger partial charge is 0.335 e. The van der Waals surface area contributed by atoms with E-state index in [1.807, 2.05) is 6.92 Å². The van der Waals surface area contributed by atoms with Crippen LogP contribution in [-0.4, -0.2) is 27.7 Å². The van der Waals surface area contributed by atoms with E-state index in [0.29, 0.717) is 5.69 Å². The summed E-state index contributed by atoms with van der Waals surface area (Å²) in [4.78, 5) is 11.7. The van der Waals surface area contributed by atoms with Crippen LogP contribution in [0, 0.1) is 0 Å². The highest BCUT2D eigenvalue weighted by molar-refractivity contribution is 8.00. The molecule has 0 fully saturated rings. The van der Waals surface area contributed by atoms with Gasteiger partial charge in [-0.05, 0) is 25.1 Å². The molecule has 1 aromatic carbocycles. The molecule has 0 saturated heterocycles. The van der Waals surface area contributed by atoms with Crippen LogP contribution in [0.25, 0.3) is 0 Å². The largest absolute Gasteiger partial charge is 0.478 e. The molecule has 0 aromatic heterocycles. The third-order valence-corrected chi connectivity index (χ3v) is 3.53. The molecular formula is C10H11NO3S. The lowest BCUT2D eigenvalue weighted by Gasteiger charge is -2.28. The van der Waals surface area contributed by atoms with Gasteiger partial charge >= 0.3 is 5.97 Å². The van der Waals surface area contributed by atoms with E-state index in [0.717, 1.165) is 4.90 Å². The highest BCUT2D eigenvalue weighted by Gasteiger charge is 2.23. The topological polar surface area (TPSA) is 69.6 Å². The second-order valence-electron chi connectivity index (χ2n) is 3.43. The predicted molar refractivity (Wildman–Crippen MR) is 58.3 cm³/mol. The van der Waals surface area contributed by atoms with Gasteiger partial charge in [-0.2, -0.15) is 0 Å². The summed E-state index contributed by atoms with van der Waals surface area (Å²) in [5.41, 5.74) is 0.911. The molecule has 2 rings (SSSR count). The lowest BCUT2D eigenvalue weighted by molar-refractivity contribution is 0.0696. The number of aliphatic hydroxyl groups excluding tert-OH is 1. The van der Waals surface area contributed by atoms with E-state index in [1.54, 1.807) is 18.2 Å². The third kappa shape index (κ3) is 1.93. The fourth-order valence-corrected chi connectivity index (χ4v) is 2.41. The van der Waals surface area contributed by atoms with Crippen LogP contribution in [0.1, 0.15) is 17.3 Å². The summed E-state index contributed by atoms with van der Waals surface area (Å²) in [6.45, 7) is 1.91. The summed E-state index contributed by atoms with van der Waals surface area (Å²) in [5.74, 6) is -0.960. The molecule has 2 atom stereocenters. The van der Waals surface area contributed by atoms with Crippen LogP contribution in [0.2, 0.25) is 0 Å². The fraction of sp³-hybridized carbons (Fsp3) is 0.300. The van der Waals surface area contributed by atoms with Gasteiger partial charge in [-0.1, -0.05) is 0 Å². The molecule has 5 heteroatoms. The number of rotatable bonds is 1. The van der Waals surface area contributed by atoms with Gasteiger partial charge in [0.15, 0.2) is 0 Å². The van der Waals surface area contributed by atoms with E-state index in [1.165, 1.54) is 11.8 Å². The molecule has 1 heterocycles. The summed E-state index contributed by atoms with van der Waals surface area (Å²) in [5, 5.41) is 21.3. The number of hydrogen-bond acceptors (Lipinski definition) is 4. The van der Waals surface area contributed by atoms with Crippen LogP contribution in [-0.2, 0) is 0 Å². The number of carboxylic acids is 1. The number of aromatic carboxylic acids is 1. The van der Waals surface area contributed by atoms with Gasteiger partial charge in [0.2, 0.25) is 0 Å². The fourth-order valence-electron chi connectivity index (χ4n) is 1.42. The lowest BCUT2D eigenvalue weighted by atomic mass is 10.2. The molecule has 3 N–H and O–H groups in total. The van der Waals surface area contributed by atoms with Crippen LogP contribution in [0.5, 0.6) is 0 Å². The van der Waals surface area contributed by atoms with E-state index < -0.39 is 12.2 Å². The first-order valence-electron chi connectivity index (χ1n) is 4.56. The van der Waals surface area contributed by atoms with Crippen molar-refractivity contribution in [1.82, 2.24) is 0 Å². The molecule has 0 amide bonds. The first kappa shape index (κ1) is 10.3. The van der Waals surface area contributed by atoms with Gasteiger partial charge in [-0.15, -0.1) is 11.8 Å². The Bertz CT molecular complexity index is 408. The van der Waals surface area contributed by atoms with Crippen LogP contribution in [0.4, 0.5) is 5.69 Å². The average molecular weight is 225 g/mol. The number of nitrogens with one attached hydrogen (secondary N) is 1. The summed E-state index contributed by atoms with van der Waals surface area (Å²) < 4.78 is 0. The van der Waals surface area contributed by atoms with Crippen molar-refractivity contribution in [2.45, 2.75) is 23.3 Å². The van der Waals surface area contributed by atoms with Gasteiger partial charge in [0, 0.05) is 4.90 Å². The molecule has 1 aliphatic heterocycles. The van der Waals surface area contributed by atoms with Crippen LogP contribution in [0.3, 0.4) is 0 Å². The number of carboxylic acid groups (broad SMARTS) is 1. The second kappa shape index (κ2) is 3.75. The van der Waals surface area contributed by atoms with Crippen molar-refractivity contribution in [3.8, 4) is 0 Å². The zero-order chi connectivity index (χ0) is 11.0. The molecule has 2 unspecified atom stereocenters. The summed E-state index contributed by atoms with van der Waals surface area (Å²) in [7, 11) is 0. The molecule has 0 spiro atoms. The van der Waals surface area contributed by atoms with Crippen LogP contribution >= 0.6 is 11.8 Å². The number of aliphatic hydroxyl groups is 1. The summed E-state index contributed by atoms with van der Waals surface area (Å²) >= 11 is 1.53. The number of carbonyl (C=O) groups is 1. The average Bonchev–Trinajstić information content (AvgIpc) is 2.19. The maximum absolute atomic E-state index is 10.7. The van der Waals surface area contributed by atoms with Crippen molar-refractivity contribution in [2.75, 3.05) is 5.32 Å². The van der Waals surface area contributed by atoms with Crippen LogP contribution in [0.15, 0.2) is 23.1 Å². The lowest BCUT2D eigenvalue weighted by Crippen LogP contribution is -2.32. The van der Waals surface area contributed by atoms with Crippen molar-refractivity contribution >= 4 is 23.4 Å². The quantitative estimate of drug-likeness (QED) is 0.677. The SMILES string of the molecule is CC1Sc2ccc(C(=O)O)cc2NC1O. The second-order valence-corrected chi connectivity index (χ2v) is 4.85. The maximum atomic E-state index is 10.7. The van der Waals surface area contributed by atoms with Gasteiger partial charge < -0.3 is 15.5 Å². The normalized spacial score (nSPS) is 24.1. The Labute approximate surface area is 91.3 Å². The molecule has 1 aliphatic rings. The third-order valence-electron chi connectivity index (χ3n) is 2.29. The van der Waals surface area contributed by atoms with Crippen LogP contribution < -0.4 is 5.32 Å². The summed E-state index contributed by atoms with van der Waals surface area (Å²) in [6, 6.07) is 4.87. The molecule has 80 valence electrons. The highest BCUT2D eigenvalue weighted by atomic mass is 32.2. The Morgan fingerprint density at radius 1 is 1.53 bits per heavy atom. The molecule has 15 heavy (non-hydrogen) atoms. The molecule has 0 saturated carbocycles. The summed E-state index contributed by atoms with van der Waals surface area (Å²) in [6.07, 6.45) is -0.633. The first-order chi connectivity index (χ1) is 7.08. The molecule has 4 nitrogen and oxygen atoms in total.